The number of nitrogens with zero attached hydrogens (tertiary/aromatic N) is 3. The molecule has 2 aliphatic heterocycles. The third-order valence-electron chi connectivity index (χ3n) is 6.37. The molecule has 5 nitrogen and oxygen atoms in total. The molecule has 0 aliphatic carbocycles. The number of carbonyl (C=O) groups is 2. The van der Waals surface area contributed by atoms with Gasteiger partial charge in [0.1, 0.15) is 10.9 Å². The van der Waals surface area contributed by atoms with Crippen LogP contribution in [-0.4, -0.2) is 50.1 Å². The van der Waals surface area contributed by atoms with Crippen LogP contribution in [0.3, 0.4) is 0 Å². The second kappa shape index (κ2) is 10.4. The minimum Gasteiger partial charge on any atom is -0.341 e. The highest BCUT2D eigenvalue weighted by atomic mass is 32.2. The standard InChI is InChI=1S/C26H33N3O2S2/c1-4-19-10-9-11-21-20(14-22-25(31)29(15-18(2)3)26(32)33-22)16-28(24(19)21)17-23(30)27-12-7-5-6-8-13-27/h9-11,14,16,18H,4-8,12-13,15,17H2,1-3H3/b22-14-. The van der Waals surface area contributed by atoms with E-state index in [1.807, 2.05) is 17.2 Å². The summed E-state index contributed by atoms with van der Waals surface area (Å²) in [4.78, 5) is 30.6. The molecule has 0 spiro atoms. The van der Waals surface area contributed by atoms with Gasteiger partial charge in [-0.05, 0) is 36.8 Å². The first-order valence-electron chi connectivity index (χ1n) is 12.0. The van der Waals surface area contributed by atoms with Gasteiger partial charge in [-0.25, -0.2) is 0 Å². The molecule has 2 fully saturated rings. The molecule has 2 saturated heterocycles. The Morgan fingerprint density at radius 3 is 2.58 bits per heavy atom. The molecule has 7 heteroatoms. The van der Waals surface area contributed by atoms with E-state index in [0.29, 0.717) is 28.2 Å². The fourth-order valence-corrected chi connectivity index (χ4v) is 5.99. The Morgan fingerprint density at radius 1 is 1.18 bits per heavy atom. The second-order valence-corrected chi connectivity index (χ2v) is 11.0. The summed E-state index contributed by atoms with van der Waals surface area (Å²) in [5, 5.41) is 1.08. The van der Waals surface area contributed by atoms with Crippen LogP contribution in [0.4, 0.5) is 0 Å². The highest BCUT2D eigenvalue weighted by Crippen LogP contribution is 2.35. The van der Waals surface area contributed by atoms with Crippen molar-refractivity contribution < 1.29 is 9.59 Å². The van der Waals surface area contributed by atoms with Crippen molar-refractivity contribution in [3.05, 3.63) is 40.4 Å². The molecule has 176 valence electrons. The molecule has 0 saturated carbocycles. The van der Waals surface area contributed by atoms with Gasteiger partial charge in [-0.2, -0.15) is 0 Å². The lowest BCUT2D eigenvalue weighted by Crippen LogP contribution is -2.34. The van der Waals surface area contributed by atoms with Crippen LogP contribution in [-0.2, 0) is 22.6 Å². The van der Waals surface area contributed by atoms with Crippen LogP contribution in [0.1, 0.15) is 57.6 Å². The Bertz CT molecular complexity index is 1090. The average Bonchev–Trinajstić information content (AvgIpc) is 3.10. The summed E-state index contributed by atoms with van der Waals surface area (Å²) < 4.78 is 2.71. The van der Waals surface area contributed by atoms with Gasteiger partial charge in [0.05, 0.1) is 10.4 Å². The third kappa shape index (κ3) is 5.19. The van der Waals surface area contributed by atoms with Gasteiger partial charge in [-0.1, -0.05) is 75.8 Å². The number of thiocarbonyl (C=S) groups is 1. The molecule has 0 N–H and O–H groups in total. The van der Waals surface area contributed by atoms with Gasteiger partial charge in [0.15, 0.2) is 0 Å². The molecule has 0 radical (unpaired) electrons. The molecule has 1 aromatic carbocycles. The largest absolute Gasteiger partial charge is 0.341 e. The minimum atomic E-state index is -0.0214. The second-order valence-electron chi connectivity index (χ2n) is 9.36. The number of amides is 2. The number of hydrogen-bond acceptors (Lipinski definition) is 4. The van der Waals surface area contributed by atoms with Crippen molar-refractivity contribution in [2.75, 3.05) is 19.6 Å². The number of likely N-dealkylation sites (tertiary alicyclic amines) is 1. The Balaban J connectivity index is 1.69. The summed E-state index contributed by atoms with van der Waals surface area (Å²) in [6, 6.07) is 6.27. The van der Waals surface area contributed by atoms with Crippen LogP contribution < -0.4 is 0 Å². The number of thioether (sulfide) groups is 1. The van der Waals surface area contributed by atoms with Gasteiger partial charge < -0.3 is 9.47 Å². The maximum atomic E-state index is 13.2. The predicted molar refractivity (Wildman–Crippen MR) is 141 cm³/mol. The fourth-order valence-electron chi connectivity index (χ4n) is 4.72. The Labute approximate surface area is 206 Å². The number of benzene rings is 1. The summed E-state index contributed by atoms with van der Waals surface area (Å²) in [5.74, 6) is 0.507. The predicted octanol–water partition coefficient (Wildman–Crippen LogP) is 5.46. The van der Waals surface area contributed by atoms with Crippen LogP contribution in [0, 0.1) is 5.92 Å². The molecule has 2 aromatic rings. The average molecular weight is 484 g/mol. The normalized spacial score (nSPS) is 18.7. The van der Waals surface area contributed by atoms with Gasteiger partial charge in [-0.15, -0.1) is 0 Å². The third-order valence-corrected chi connectivity index (χ3v) is 7.74. The van der Waals surface area contributed by atoms with E-state index in [2.05, 4.69) is 43.5 Å². The van der Waals surface area contributed by atoms with Crippen LogP contribution >= 0.6 is 24.0 Å². The lowest BCUT2D eigenvalue weighted by atomic mass is 10.1. The van der Waals surface area contributed by atoms with E-state index in [1.165, 1.54) is 30.2 Å². The summed E-state index contributed by atoms with van der Waals surface area (Å²) in [5.41, 5.74) is 3.27. The zero-order valence-corrected chi connectivity index (χ0v) is 21.4. The lowest BCUT2D eigenvalue weighted by molar-refractivity contribution is -0.131. The molecule has 0 unspecified atom stereocenters. The molecule has 3 heterocycles. The maximum absolute atomic E-state index is 13.2. The topological polar surface area (TPSA) is 45.6 Å². The van der Waals surface area contributed by atoms with Crippen LogP contribution in [0.15, 0.2) is 29.3 Å². The van der Waals surface area contributed by atoms with Crippen molar-refractivity contribution in [3.63, 3.8) is 0 Å². The smallest absolute Gasteiger partial charge is 0.266 e. The summed E-state index contributed by atoms with van der Waals surface area (Å²) in [6.07, 6.45) is 9.45. The maximum Gasteiger partial charge on any atom is 0.266 e. The van der Waals surface area contributed by atoms with Crippen molar-refractivity contribution in [2.45, 2.75) is 59.4 Å². The van der Waals surface area contributed by atoms with E-state index in [1.54, 1.807) is 4.90 Å². The first kappa shape index (κ1) is 24.0. The molecule has 0 atom stereocenters. The van der Waals surface area contributed by atoms with Crippen molar-refractivity contribution in [2.24, 2.45) is 5.92 Å². The van der Waals surface area contributed by atoms with E-state index >= 15 is 0 Å². The summed E-state index contributed by atoms with van der Waals surface area (Å²) in [7, 11) is 0. The fraction of sp³-hybridized carbons (Fsp3) is 0.500. The molecule has 2 aliphatic rings. The minimum absolute atomic E-state index is 0.0214. The summed E-state index contributed by atoms with van der Waals surface area (Å²) >= 11 is 6.85. The Morgan fingerprint density at radius 2 is 1.91 bits per heavy atom. The number of hydrogen-bond donors (Lipinski definition) is 0. The number of aromatic nitrogens is 1. The highest BCUT2D eigenvalue weighted by Gasteiger charge is 2.32. The van der Waals surface area contributed by atoms with Crippen molar-refractivity contribution in [1.82, 2.24) is 14.4 Å². The monoisotopic (exact) mass is 483 g/mol. The first-order valence-corrected chi connectivity index (χ1v) is 13.3. The Hall–Kier alpha value is -2.12. The Kier molecular flexibility index (Phi) is 7.59. The number of fused-ring (bicyclic) bond motifs is 1. The van der Waals surface area contributed by atoms with Gasteiger partial charge in [0.25, 0.3) is 5.91 Å². The number of carbonyl (C=O) groups excluding carboxylic acids is 2. The van der Waals surface area contributed by atoms with Gasteiger partial charge >= 0.3 is 0 Å². The van der Waals surface area contributed by atoms with Crippen molar-refractivity contribution >= 4 is 57.1 Å². The number of aryl methyl sites for hydroxylation is 1. The zero-order chi connectivity index (χ0) is 23.5. The van der Waals surface area contributed by atoms with E-state index in [4.69, 9.17) is 12.2 Å². The number of rotatable bonds is 6. The van der Waals surface area contributed by atoms with E-state index in [0.717, 1.165) is 48.8 Å². The molecule has 1 aromatic heterocycles. The SMILES string of the molecule is CCc1cccc2c(/C=C3\SC(=S)N(CC(C)C)C3=O)cn(CC(=O)N3CCCCCC3)c12. The van der Waals surface area contributed by atoms with Gasteiger partial charge in [-0.3, -0.25) is 14.5 Å². The van der Waals surface area contributed by atoms with E-state index < -0.39 is 0 Å². The molecule has 4 rings (SSSR count). The zero-order valence-electron chi connectivity index (χ0n) is 19.8. The quantitative estimate of drug-likeness (QED) is 0.404. The molecular formula is C26H33N3O2S2. The van der Waals surface area contributed by atoms with E-state index in [-0.39, 0.29) is 11.8 Å². The van der Waals surface area contributed by atoms with Crippen LogP contribution in [0.25, 0.3) is 17.0 Å². The van der Waals surface area contributed by atoms with Crippen molar-refractivity contribution in [3.8, 4) is 0 Å². The van der Waals surface area contributed by atoms with Crippen molar-refractivity contribution in [1.29, 1.82) is 0 Å². The lowest BCUT2D eigenvalue weighted by Gasteiger charge is -2.21. The highest BCUT2D eigenvalue weighted by molar-refractivity contribution is 8.26. The molecular weight excluding hydrogens is 450 g/mol. The number of para-hydroxylation sites is 1. The molecule has 33 heavy (non-hydrogen) atoms. The van der Waals surface area contributed by atoms with Crippen LogP contribution in [0.2, 0.25) is 0 Å². The summed E-state index contributed by atoms with van der Waals surface area (Å²) in [6.45, 7) is 8.98. The molecule has 2 amide bonds. The van der Waals surface area contributed by atoms with Gasteiger partial charge in [0, 0.05) is 36.8 Å². The first-order chi connectivity index (χ1) is 15.9. The van der Waals surface area contributed by atoms with E-state index in [9.17, 15) is 9.59 Å². The van der Waals surface area contributed by atoms with Crippen LogP contribution in [0.5, 0.6) is 0 Å². The van der Waals surface area contributed by atoms with Gasteiger partial charge in [0.2, 0.25) is 5.91 Å². The molecule has 0 bridgehead atoms.